The topological polar surface area (TPSA) is 39.1 Å². The molecule has 0 amide bonds. The highest BCUT2D eigenvalue weighted by Crippen LogP contribution is 2.40. The molecule has 21 heavy (non-hydrogen) atoms. The zero-order valence-corrected chi connectivity index (χ0v) is 13.0. The summed E-state index contributed by atoms with van der Waals surface area (Å²) in [4.78, 5) is 0. The third-order valence-electron chi connectivity index (χ3n) is 4.63. The molecule has 0 unspecified atom stereocenters. The number of para-hydroxylation sites is 1. The van der Waals surface area contributed by atoms with Crippen LogP contribution < -0.4 is 10.1 Å². The van der Waals surface area contributed by atoms with Crippen molar-refractivity contribution in [1.29, 1.82) is 0 Å². The van der Waals surface area contributed by atoms with Gasteiger partial charge in [0.1, 0.15) is 5.75 Å². The summed E-state index contributed by atoms with van der Waals surface area (Å²) in [7, 11) is 3.73. The minimum absolute atomic E-state index is 0.597. The molecule has 1 saturated carbocycles. The highest BCUT2D eigenvalue weighted by molar-refractivity contribution is 5.37. The first-order chi connectivity index (χ1) is 10.2. The summed E-state index contributed by atoms with van der Waals surface area (Å²) >= 11 is 0. The Labute approximate surface area is 126 Å². The summed E-state index contributed by atoms with van der Waals surface area (Å²) in [5.74, 6) is 1.64. The molecule has 1 heterocycles. The summed E-state index contributed by atoms with van der Waals surface area (Å²) < 4.78 is 7.38. The van der Waals surface area contributed by atoms with E-state index < -0.39 is 0 Å². The number of methoxy groups -OCH3 is 1. The van der Waals surface area contributed by atoms with Crippen LogP contribution in [0.25, 0.3) is 0 Å². The molecule has 1 aromatic carbocycles. The third-order valence-corrected chi connectivity index (χ3v) is 4.63. The van der Waals surface area contributed by atoms with Gasteiger partial charge in [0.05, 0.1) is 13.3 Å². The highest BCUT2D eigenvalue weighted by atomic mass is 16.5. The van der Waals surface area contributed by atoms with Crippen molar-refractivity contribution in [2.45, 2.75) is 38.3 Å². The maximum Gasteiger partial charge on any atom is 0.122 e. The van der Waals surface area contributed by atoms with E-state index in [0.29, 0.717) is 12.0 Å². The summed E-state index contributed by atoms with van der Waals surface area (Å²) in [5.41, 5.74) is 3.87. The first-order valence-electron chi connectivity index (χ1n) is 7.52. The molecule has 0 spiro atoms. The molecule has 0 atom stereocenters. The van der Waals surface area contributed by atoms with Gasteiger partial charge in [0, 0.05) is 30.9 Å². The van der Waals surface area contributed by atoms with Crippen LogP contribution in [-0.2, 0) is 13.6 Å². The van der Waals surface area contributed by atoms with Crippen molar-refractivity contribution in [3.8, 4) is 5.75 Å². The van der Waals surface area contributed by atoms with E-state index in [4.69, 9.17) is 4.74 Å². The Bertz CT molecular complexity index is 614. The van der Waals surface area contributed by atoms with Gasteiger partial charge in [0.25, 0.3) is 0 Å². The van der Waals surface area contributed by atoms with Gasteiger partial charge in [-0.3, -0.25) is 4.68 Å². The predicted octanol–water partition coefficient (Wildman–Crippen LogP) is 2.77. The van der Waals surface area contributed by atoms with Crippen LogP contribution in [0, 0.1) is 6.92 Å². The van der Waals surface area contributed by atoms with E-state index in [-0.39, 0.29) is 0 Å². The van der Waals surface area contributed by atoms with Gasteiger partial charge in [-0.15, -0.1) is 0 Å². The number of nitrogens with one attached hydrogen (secondary N) is 1. The number of aryl methyl sites for hydroxylation is 1. The Morgan fingerprint density at radius 3 is 2.76 bits per heavy atom. The van der Waals surface area contributed by atoms with Crippen LogP contribution in [0.2, 0.25) is 0 Å². The number of hydrogen-bond acceptors (Lipinski definition) is 3. The summed E-state index contributed by atoms with van der Waals surface area (Å²) in [6, 6.07) is 8.96. The lowest BCUT2D eigenvalue weighted by Gasteiger charge is -2.37. The molecule has 112 valence electrons. The van der Waals surface area contributed by atoms with Crippen LogP contribution >= 0.6 is 0 Å². The first kappa shape index (κ1) is 14.1. The van der Waals surface area contributed by atoms with Crippen LogP contribution in [0.1, 0.15) is 35.6 Å². The molecule has 1 aliphatic rings. The Hall–Kier alpha value is -1.81. The van der Waals surface area contributed by atoms with E-state index in [1.165, 1.54) is 29.7 Å². The van der Waals surface area contributed by atoms with Crippen LogP contribution in [0.5, 0.6) is 5.75 Å². The smallest absolute Gasteiger partial charge is 0.122 e. The van der Waals surface area contributed by atoms with Crippen molar-refractivity contribution in [2.75, 3.05) is 7.11 Å². The normalized spacial score (nSPS) is 21.1. The highest BCUT2D eigenvalue weighted by Gasteiger charge is 2.31. The molecule has 2 aromatic rings. The molecule has 1 fully saturated rings. The van der Waals surface area contributed by atoms with E-state index >= 15 is 0 Å². The zero-order valence-electron chi connectivity index (χ0n) is 13.0. The second-order valence-electron chi connectivity index (χ2n) is 5.87. The molecular weight excluding hydrogens is 262 g/mol. The molecule has 0 bridgehead atoms. The molecule has 0 radical (unpaired) electrons. The van der Waals surface area contributed by atoms with Gasteiger partial charge in [0.2, 0.25) is 0 Å². The van der Waals surface area contributed by atoms with Crippen LogP contribution in [0.3, 0.4) is 0 Å². The molecular formula is C17H23N3O. The lowest BCUT2D eigenvalue weighted by Crippen LogP contribution is -2.39. The van der Waals surface area contributed by atoms with Gasteiger partial charge in [-0.2, -0.15) is 5.10 Å². The lowest BCUT2D eigenvalue weighted by atomic mass is 9.75. The molecule has 1 aromatic heterocycles. The number of nitrogens with zero attached hydrogens (tertiary/aromatic N) is 2. The standard InChI is InChI=1S/C17H23N3O/c1-12-14(11-19-20(12)2)10-18-15-8-13(9-15)16-6-4-5-7-17(16)21-3/h4-7,11,13,15,18H,8-10H2,1-3H3. The first-order valence-corrected chi connectivity index (χ1v) is 7.52. The van der Waals surface area contributed by atoms with Crippen molar-refractivity contribution < 1.29 is 4.74 Å². The van der Waals surface area contributed by atoms with E-state index in [2.05, 4.69) is 35.5 Å². The van der Waals surface area contributed by atoms with Gasteiger partial charge in [-0.1, -0.05) is 18.2 Å². The van der Waals surface area contributed by atoms with E-state index in [9.17, 15) is 0 Å². The Kier molecular flexibility index (Phi) is 3.97. The number of benzene rings is 1. The second kappa shape index (κ2) is 5.90. The maximum absolute atomic E-state index is 5.45. The summed E-state index contributed by atoms with van der Waals surface area (Å²) in [6.07, 6.45) is 4.32. The number of hydrogen-bond donors (Lipinski definition) is 1. The van der Waals surface area contributed by atoms with Crippen LogP contribution in [0.15, 0.2) is 30.5 Å². The average Bonchev–Trinajstić information content (AvgIpc) is 2.78. The molecule has 0 saturated heterocycles. The van der Waals surface area contributed by atoms with Crippen LogP contribution in [0.4, 0.5) is 0 Å². The Balaban J connectivity index is 1.53. The monoisotopic (exact) mass is 285 g/mol. The molecule has 1 N–H and O–H groups in total. The Morgan fingerprint density at radius 2 is 2.10 bits per heavy atom. The predicted molar refractivity (Wildman–Crippen MR) is 83.5 cm³/mol. The largest absolute Gasteiger partial charge is 0.496 e. The molecule has 4 heteroatoms. The van der Waals surface area contributed by atoms with Crippen molar-refractivity contribution >= 4 is 0 Å². The molecule has 3 rings (SSSR count). The van der Waals surface area contributed by atoms with Gasteiger partial charge in [-0.25, -0.2) is 0 Å². The van der Waals surface area contributed by atoms with Gasteiger partial charge >= 0.3 is 0 Å². The Morgan fingerprint density at radius 1 is 1.33 bits per heavy atom. The minimum atomic E-state index is 0.597. The van der Waals surface area contributed by atoms with Crippen LogP contribution in [-0.4, -0.2) is 22.9 Å². The third kappa shape index (κ3) is 2.81. The number of rotatable bonds is 5. The quantitative estimate of drug-likeness (QED) is 0.918. The maximum atomic E-state index is 5.45. The molecule has 4 nitrogen and oxygen atoms in total. The fourth-order valence-corrected chi connectivity index (χ4v) is 3.01. The number of ether oxygens (including phenoxy) is 1. The van der Waals surface area contributed by atoms with Gasteiger partial charge < -0.3 is 10.1 Å². The lowest BCUT2D eigenvalue weighted by molar-refractivity contribution is 0.282. The number of aromatic nitrogens is 2. The average molecular weight is 285 g/mol. The summed E-state index contributed by atoms with van der Waals surface area (Å²) in [6.45, 7) is 3.02. The van der Waals surface area contributed by atoms with Crippen molar-refractivity contribution in [1.82, 2.24) is 15.1 Å². The van der Waals surface area contributed by atoms with E-state index in [1.54, 1.807) is 7.11 Å². The summed E-state index contributed by atoms with van der Waals surface area (Å²) in [5, 5.41) is 7.92. The van der Waals surface area contributed by atoms with Gasteiger partial charge in [-0.05, 0) is 37.3 Å². The van der Waals surface area contributed by atoms with E-state index in [1.807, 2.05) is 24.0 Å². The fourth-order valence-electron chi connectivity index (χ4n) is 3.01. The van der Waals surface area contributed by atoms with Crippen molar-refractivity contribution in [3.05, 3.63) is 47.3 Å². The zero-order chi connectivity index (χ0) is 14.8. The van der Waals surface area contributed by atoms with Crippen molar-refractivity contribution in [3.63, 3.8) is 0 Å². The minimum Gasteiger partial charge on any atom is -0.496 e. The molecule has 1 aliphatic carbocycles. The molecule has 0 aliphatic heterocycles. The van der Waals surface area contributed by atoms with Gasteiger partial charge in [0.15, 0.2) is 0 Å². The second-order valence-corrected chi connectivity index (χ2v) is 5.87. The fraction of sp³-hybridized carbons (Fsp3) is 0.471. The SMILES string of the molecule is COc1ccccc1C1CC(NCc2cnn(C)c2C)C1. The van der Waals surface area contributed by atoms with Crippen molar-refractivity contribution in [2.24, 2.45) is 7.05 Å². The van der Waals surface area contributed by atoms with E-state index in [0.717, 1.165) is 12.3 Å².